The summed E-state index contributed by atoms with van der Waals surface area (Å²) >= 11 is 0. The monoisotopic (exact) mass is 236 g/mol. The van der Waals surface area contributed by atoms with Gasteiger partial charge in [0.05, 0.1) is 12.3 Å². The topological polar surface area (TPSA) is 36.4 Å². The average molecular weight is 236 g/mol. The van der Waals surface area contributed by atoms with E-state index < -0.39 is 0 Å². The minimum atomic E-state index is 0.00500. The highest BCUT2D eigenvalue weighted by molar-refractivity contribution is 5.39. The van der Waals surface area contributed by atoms with Crippen molar-refractivity contribution >= 4 is 5.82 Å². The van der Waals surface area contributed by atoms with Gasteiger partial charge in [-0.1, -0.05) is 33.8 Å². The molecule has 0 spiro atoms. The van der Waals surface area contributed by atoms with Gasteiger partial charge in [0.1, 0.15) is 5.82 Å². The Labute approximate surface area is 104 Å². The van der Waals surface area contributed by atoms with E-state index in [2.05, 4.69) is 37.6 Å². The fraction of sp³-hybridized carbons (Fsp3) is 0.643. The van der Waals surface area contributed by atoms with Gasteiger partial charge in [-0.25, -0.2) is 4.98 Å². The van der Waals surface area contributed by atoms with Gasteiger partial charge in [-0.05, 0) is 24.0 Å². The van der Waals surface area contributed by atoms with E-state index in [1.807, 2.05) is 18.2 Å². The molecule has 0 aliphatic heterocycles. The molecule has 1 rings (SSSR count). The third-order valence-corrected chi connectivity index (χ3v) is 2.45. The highest BCUT2D eigenvalue weighted by atomic mass is 16.3. The number of aromatic nitrogens is 1. The van der Waals surface area contributed by atoms with Crippen LogP contribution >= 0.6 is 0 Å². The minimum Gasteiger partial charge on any atom is -0.390 e. The number of hydrogen-bond donors (Lipinski definition) is 1. The third kappa shape index (κ3) is 4.73. The molecule has 1 N–H and O–H groups in total. The van der Waals surface area contributed by atoms with Gasteiger partial charge < -0.3 is 10.0 Å². The van der Waals surface area contributed by atoms with Crippen LogP contribution in [0.25, 0.3) is 0 Å². The van der Waals surface area contributed by atoms with Gasteiger partial charge >= 0.3 is 0 Å². The van der Waals surface area contributed by atoms with Gasteiger partial charge in [-0.3, -0.25) is 0 Å². The van der Waals surface area contributed by atoms with Gasteiger partial charge in [-0.2, -0.15) is 0 Å². The molecule has 0 radical (unpaired) electrons. The quantitative estimate of drug-likeness (QED) is 0.825. The van der Waals surface area contributed by atoms with E-state index >= 15 is 0 Å². The Morgan fingerprint density at radius 3 is 2.18 bits per heavy atom. The molecule has 0 saturated carbocycles. The van der Waals surface area contributed by atoms with E-state index in [4.69, 9.17) is 5.11 Å². The van der Waals surface area contributed by atoms with Crippen LogP contribution in [-0.2, 0) is 6.61 Å². The first-order valence-corrected chi connectivity index (χ1v) is 6.34. The lowest BCUT2D eigenvalue weighted by Crippen LogP contribution is -2.32. The first-order valence-electron chi connectivity index (χ1n) is 6.34. The Morgan fingerprint density at radius 2 is 1.71 bits per heavy atom. The molecule has 0 bridgehead atoms. The van der Waals surface area contributed by atoms with Gasteiger partial charge in [0, 0.05) is 13.1 Å². The molecular formula is C14H24N2O. The summed E-state index contributed by atoms with van der Waals surface area (Å²) in [6, 6.07) is 5.83. The number of aliphatic hydroxyl groups is 1. The summed E-state index contributed by atoms with van der Waals surface area (Å²) in [6.45, 7) is 10.9. The fourth-order valence-corrected chi connectivity index (χ4v) is 1.87. The molecule has 0 atom stereocenters. The Hall–Kier alpha value is -1.09. The summed E-state index contributed by atoms with van der Waals surface area (Å²) in [5, 5.41) is 9.13. The highest BCUT2D eigenvalue weighted by Crippen LogP contribution is 2.15. The molecule has 1 aromatic rings. The zero-order valence-electron chi connectivity index (χ0n) is 11.3. The molecule has 96 valence electrons. The normalized spacial score (nSPS) is 11.2. The summed E-state index contributed by atoms with van der Waals surface area (Å²) in [5.74, 6) is 2.18. The SMILES string of the molecule is CC(C)CN(CC(C)C)c1cccc(CO)n1. The third-order valence-electron chi connectivity index (χ3n) is 2.45. The van der Waals surface area contributed by atoms with Crippen LogP contribution in [0.2, 0.25) is 0 Å². The molecule has 3 nitrogen and oxygen atoms in total. The number of hydrogen-bond acceptors (Lipinski definition) is 3. The number of rotatable bonds is 6. The second-order valence-corrected chi connectivity index (χ2v) is 5.34. The van der Waals surface area contributed by atoms with Crippen molar-refractivity contribution in [2.24, 2.45) is 11.8 Å². The van der Waals surface area contributed by atoms with Crippen molar-refractivity contribution in [3.05, 3.63) is 23.9 Å². The molecule has 1 aromatic heterocycles. The number of pyridine rings is 1. The van der Waals surface area contributed by atoms with E-state index in [0.29, 0.717) is 11.8 Å². The second-order valence-electron chi connectivity index (χ2n) is 5.34. The summed E-state index contributed by atoms with van der Waals surface area (Å²) in [6.07, 6.45) is 0. The molecule has 17 heavy (non-hydrogen) atoms. The summed E-state index contributed by atoms with van der Waals surface area (Å²) in [7, 11) is 0. The van der Waals surface area contributed by atoms with Crippen molar-refractivity contribution in [2.75, 3.05) is 18.0 Å². The van der Waals surface area contributed by atoms with E-state index in [1.165, 1.54) is 0 Å². The molecule has 0 unspecified atom stereocenters. The molecule has 0 aromatic carbocycles. The molecule has 0 fully saturated rings. The molecular weight excluding hydrogens is 212 g/mol. The van der Waals surface area contributed by atoms with Gasteiger partial charge in [0.2, 0.25) is 0 Å². The molecule has 0 amide bonds. The maximum atomic E-state index is 9.13. The van der Waals surface area contributed by atoms with Crippen LogP contribution < -0.4 is 4.90 Å². The van der Waals surface area contributed by atoms with Crippen molar-refractivity contribution in [2.45, 2.75) is 34.3 Å². The number of anilines is 1. The zero-order valence-corrected chi connectivity index (χ0v) is 11.3. The van der Waals surface area contributed by atoms with Crippen molar-refractivity contribution in [1.29, 1.82) is 0 Å². The van der Waals surface area contributed by atoms with Crippen molar-refractivity contribution < 1.29 is 5.11 Å². The van der Waals surface area contributed by atoms with Crippen LogP contribution in [0.1, 0.15) is 33.4 Å². The Bertz CT molecular complexity index is 327. The lowest BCUT2D eigenvalue weighted by Gasteiger charge is -2.27. The zero-order chi connectivity index (χ0) is 12.8. The number of aliphatic hydroxyl groups excluding tert-OH is 1. The van der Waals surface area contributed by atoms with E-state index in [-0.39, 0.29) is 6.61 Å². The largest absolute Gasteiger partial charge is 0.390 e. The molecule has 3 heteroatoms. The van der Waals surface area contributed by atoms with Crippen LogP contribution in [-0.4, -0.2) is 23.2 Å². The van der Waals surface area contributed by atoms with Gasteiger partial charge in [0.25, 0.3) is 0 Å². The first kappa shape index (κ1) is 14.0. The van der Waals surface area contributed by atoms with E-state index in [1.54, 1.807) is 0 Å². The van der Waals surface area contributed by atoms with Gasteiger partial charge in [0.15, 0.2) is 0 Å². The smallest absolute Gasteiger partial charge is 0.128 e. The van der Waals surface area contributed by atoms with Crippen LogP contribution in [0.4, 0.5) is 5.82 Å². The summed E-state index contributed by atoms with van der Waals surface area (Å²) in [5.41, 5.74) is 0.736. The van der Waals surface area contributed by atoms with Crippen LogP contribution in [0.3, 0.4) is 0 Å². The lowest BCUT2D eigenvalue weighted by molar-refractivity contribution is 0.277. The molecule has 0 aliphatic carbocycles. The maximum Gasteiger partial charge on any atom is 0.128 e. The van der Waals surface area contributed by atoms with Crippen molar-refractivity contribution in [1.82, 2.24) is 4.98 Å². The van der Waals surface area contributed by atoms with Crippen LogP contribution in [0, 0.1) is 11.8 Å². The molecule has 0 saturated heterocycles. The van der Waals surface area contributed by atoms with Crippen molar-refractivity contribution in [3.63, 3.8) is 0 Å². The van der Waals surface area contributed by atoms with E-state index in [0.717, 1.165) is 24.6 Å². The predicted molar refractivity (Wildman–Crippen MR) is 72.0 cm³/mol. The summed E-state index contributed by atoms with van der Waals surface area (Å²) in [4.78, 5) is 6.77. The predicted octanol–water partition coefficient (Wildman–Crippen LogP) is 2.69. The Balaban J connectivity index is 2.86. The average Bonchev–Trinajstić information content (AvgIpc) is 2.27. The van der Waals surface area contributed by atoms with Gasteiger partial charge in [-0.15, -0.1) is 0 Å². The standard InChI is InChI=1S/C14H24N2O/c1-11(2)8-16(9-12(3)4)14-7-5-6-13(10-17)15-14/h5-7,11-12,17H,8-10H2,1-4H3. The Morgan fingerprint density at radius 1 is 1.12 bits per heavy atom. The first-order chi connectivity index (χ1) is 8.02. The molecule has 0 aliphatic rings. The van der Waals surface area contributed by atoms with Crippen LogP contribution in [0.15, 0.2) is 18.2 Å². The minimum absolute atomic E-state index is 0.00500. The van der Waals surface area contributed by atoms with E-state index in [9.17, 15) is 0 Å². The van der Waals surface area contributed by atoms with Crippen molar-refractivity contribution in [3.8, 4) is 0 Å². The summed E-state index contributed by atoms with van der Waals surface area (Å²) < 4.78 is 0. The van der Waals surface area contributed by atoms with Crippen LogP contribution in [0.5, 0.6) is 0 Å². The fourth-order valence-electron chi connectivity index (χ4n) is 1.87. The lowest BCUT2D eigenvalue weighted by atomic mass is 10.1. The Kier molecular flexibility index (Phi) is 5.42. The molecule has 1 heterocycles. The maximum absolute atomic E-state index is 9.13. The highest BCUT2D eigenvalue weighted by Gasteiger charge is 2.11. The number of nitrogens with zero attached hydrogens (tertiary/aromatic N) is 2. The second kappa shape index (κ2) is 6.60.